The lowest BCUT2D eigenvalue weighted by Crippen LogP contribution is -2.45. The van der Waals surface area contributed by atoms with E-state index < -0.39 is 29.6 Å². The van der Waals surface area contributed by atoms with Gasteiger partial charge in [-0.2, -0.15) is 0 Å². The van der Waals surface area contributed by atoms with Crippen molar-refractivity contribution in [3.8, 4) is 11.5 Å². The minimum absolute atomic E-state index is 0.0692. The number of carbonyl (C=O) groups excluding carboxylic acids is 2. The van der Waals surface area contributed by atoms with Crippen LogP contribution in [0.1, 0.15) is 24.2 Å². The first-order valence-corrected chi connectivity index (χ1v) is 9.46. The van der Waals surface area contributed by atoms with Crippen LogP contribution >= 0.6 is 0 Å². The van der Waals surface area contributed by atoms with E-state index in [1.54, 1.807) is 30.3 Å². The second kappa shape index (κ2) is 9.16. The number of benzene rings is 2. The summed E-state index contributed by atoms with van der Waals surface area (Å²) in [4.78, 5) is 50.9. The number of para-hydroxylation sites is 1. The largest absolute Gasteiger partial charge is 0.493 e. The van der Waals surface area contributed by atoms with E-state index in [2.05, 4.69) is 15.8 Å². The van der Waals surface area contributed by atoms with E-state index in [-0.39, 0.29) is 17.1 Å². The third-order valence-electron chi connectivity index (χ3n) is 4.31. The Morgan fingerprint density at radius 2 is 1.81 bits per heavy atom. The maximum atomic E-state index is 12.4. The van der Waals surface area contributed by atoms with Gasteiger partial charge in [-0.25, -0.2) is 4.79 Å². The molecule has 3 N–H and O–H groups in total. The average Bonchev–Trinajstić information content (AvgIpc) is 2.74. The highest BCUT2D eigenvalue weighted by Crippen LogP contribution is 2.28. The summed E-state index contributed by atoms with van der Waals surface area (Å²) < 4.78 is 12.0. The number of hydrazine groups is 1. The lowest BCUT2D eigenvalue weighted by atomic mass is 10.2. The number of nitrogens with one attached hydrogen (secondary N) is 3. The molecule has 2 aromatic carbocycles. The van der Waals surface area contributed by atoms with Crippen molar-refractivity contribution >= 4 is 22.7 Å². The Morgan fingerprint density at radius 3 is 2.52 bits per heavy atom. The SMILES string of the molecule is COc1cc(C(=O)NNC(=O)Cn2c(=O)[nH]c(=O)c3ccccc32)ccc1OC(C)C. The molecule has 0 aliphatic heterocycles. The summed E-state index contributed by atoms with van der Waals surface area (Å²) >= 11 is 0. The summed E-state index contributed by atoms with van der Waals surface area (Å²) in [5, 5.41) is 0.273. The summed E-state index contributed by atoms with van der Waals surface area (Å²) in [6.45, 7) is 3.33. The zero-order valence-corrected chi connectivity index (χ0v) is 17.2. The van der Waals surface area contributed by atoms with Gasteiger partial charge in [0.15, 0.2) is 11.5 Å². The van der Waals surface area contributed by atoms with Gasteiger partial charge in [0.25, 0.3) is 17.4 Å². The van der Waals surface area contributed by atoms with E-state index in [0.717, 1.165) is 4.57 Å². The molecule has 0 bridgehead atoms. The molecule has 3 aromatic rings. The van der Waals surface area contributed by atoms with Gasteiger partial charge < -0.3 is 9.47 Å². The van der Waals surface area contributed by atoms with Gasteiger partial charge in [0, 0.05) is 5.56 Å². The summed E-state index contributed by atoms with van der Waals surface area (Å²) in [6.07, 6.45) is -0.0692. The van der Waals surface area contributed by atoms with Crippen LogP contribution in [0.4, 0.5) is 0 Å². The molecule has 10 nitrogen and oxygen atoms in total. The molecule has 0 radical (unpaired) electrons. The number of aromatic amines is 1. The quantitative estimate of drug-likeness (QED) is 0.503. The number of carbonyl (C=O) groups is 2. The van der Waals surface area contributed by atoms with Crippen molar-refractivity contribution in [3.63, 3.8) is 0 Å². The van der Waals surface area contributed by atoms with Crippen LogP contribution in [-0.2, 0) is 11.3 Å². The van der Waals surface area contributed by atoms with Gasteiger partial charge in [0.2, 0.25) is 0 Å². The zero-order chi connectivity index (χ0) is 22.5. The third kappa shape index (κ3) is 4.92. The second-order valence-corrected chi connectivity index (χ2v) is 6.90. The maximum Gasteiger partial charge on any atom is 0.329 e. The van der Waals surface area contributed by atoms with Crippen LogP contribution in [0.3, 0.4) is 0 Å². The molecule has 31 heavy (non-hydrogen) atoms. The first-order chi connectivity index (χ1) is 14.8. The molecule has 2 amide bonds. The number of nitrogens with zero attached hydrogens (tertiary/aromatic N) is 1. The summed E-state index contributed by atoms with van der Waals surface area (Å²) in [6, 6.07) is 11.0. The fourth-order valence-electron chi connectivity index (χ4n) is 2.94. The van der Waals surface area contributed by atoms with Crippen molar-refractivity contribution in [1.29, 1.82) is 0 Å². The number of ether oxygens (including phenoxy) is 2. The molecule has 0 spiro atoms. The van der Waals surface area contributed by atoms with Crippen molar-refractivity contribution < 1.29 is 19.1 Å². The molecule has 3 rings (SSSR count). The molecule has 0 fully saturated rings. The average molecular weight is 426 g/mol. The molecule has 0 saturated carbocycles. The normalized spacial score (nSPS) is 10.7. The Morgan fingerprint density at radius 1 is 1.06 bits per heavy atom. The smallest absolute Gasteiger partial charge is 0.329 e. The van der Waals surface area contributed by atoms with Crippen LogP contribution in [0.5, 0.6) is 11.5 Å². The first-order valence-electron chi connectivity index (χ1n) is 9.46. The van der Waals surface area contributed by atoms with Crippen molar-refractivity contribution in [1.82, 2.24) is 20.4 Å². The molecular formula is C21H22N4O6. The number of aromatic nitrogens is 2. The predicted octanol–water partition coefficient (Wildman–Crippen LogP) is 0.947. The fraction of sp³-hybridized carbons (Fsp3) is 0.238. The Labute approximate surface area is 176 Å². The molecule has 1 aromatic heterocycles. The first kappa shape index (κ1) is 21.6. The van der Waals surface area contributed by atoms with Gasteiger partial charge in [0.1, 0.15) is 6.54 Å². The topological polar surface area (TPSA) is 132 Å². The molecule has 0 aliphatic rings. The Balaban J connectivity index is 1.71. The molecule has 10 heteroatoms. The minimum Gasteiger partial charge on any atom is -0.493 e. The molecule has 0 aliphatic carbocycles. The Hall–Kier alpha value is -4.08. The molecule has 162 valence electrons. The molecule has 0 unspecified atom stereocenters. The number of hydrogen-bond acceptors (Lipinski definition) is 6. The highest BCUT2D eigenvalue weighted by Gasteiger charge is 2.14. The van der Waals surface area contributed by atoms with Gasteiger partial charge in [0.05, 0.1) is 24.1 Å². The van der Waals surface area contributed by atoms with E-state index in [1.807, 2.05) is 13.8 Å². The highest BCUT2D eigenvalue weighted by molar-refractivity contribution is 5.96. The van der Waals surface area contributed by atoms with Gasteiger partial charge in [-0.15, -0.1) is 0 Å². The Kier molecular flexibility index (Phi) is 6.39. The van der Waals surface area contributed by atoms with E-state index >= 15 is 0 Å². The minimum atomic E-state index is -0.726. The van der Waals surface area contributed by atoms with Crippen LogP contribution in [0, 0.1) is 0 Å². The molecular weight excluding hydrogens is 404 g/mol. The maximum absolute atomic E-state index is 12.4. The van der Waals surface area contributed by atoms with Gasteiger partial charge >= 0.3 is 5.69 Å². The third-order valence-corrected chi connectivity index (χ3v) is 4.31. The van der Waals surface area contributed by atoms with Crippen molar-refractivity contribution in [2.75, 3.05) is 7.11 Å². The standard InChI is InChI=1S/C21H22N4O6/c1-12(2)31-16-9-8-13(10-17(16)30-3)19(27)24-23-18(26)11-25-15-7-5-4-6-14(15)20(28)22-21(25)29/h4-10,12H,11H2,1-3H3,(H,23,26)(H,24,27)(H,22,28,29). The monoisotopic (exact) mass is 426 g/mol. The van der Waals surface area contributed by atoms with Crippen LogP contribution in [0.2, 0.25) is 0 Å². The molecule has 0 atom stereocenters. The van der Waals surface area contributed by atoms with Gasteiger partial charge in [-0.3, -0.25) is 34.8 Å². The predicted molar refractivity (Wildman–Crippen MR) is 113 cm³/mol. The lowest BCUT2D eigenvalue weighted by molar-refractivity contribution is -0.122. The van der Waals surface area contributed by atoms with E-state index in [9.17, 15) is 19.2 Å². The summed E-state index contributed by atoms with van der Waals surface area (Å²) in [5.41, 5.74) is 3.83. The number of fused-ring (bicyclic) bond motifs is 1. The number of H-pyrrole nitrogens is 1. The second-order valence-electron chi connectivity index (χ2n) is 6.90. The number of amides is 2. The van der Waals surface area contributed by atoms with Gasteiger partial charge in [-0.1, -0.05) is 12.1 Å². The zero-order valence-electron chi connectivity index (χ0n) is 17.2. The van der Waals surface area contributed by atoms with Crippen molar-refractivity contribution in [2.24, 2.45) is 0 Å². The van der Waals surface area contributed by atoms with Crippen molar-refractivity contribution in [2.45, 2.75) is 26.5 Å². The highest BCUT2D eigenvalue weighted by atomic mass is 16.5. The fourth-order valence-corrected chi connectivity index (χ4v) is 2.94. The van der Waals surface area contributed by atoms with Crippen LogP contribution < -0.4 is 31.6 Å². The molecule has 0 saturated heterocycles. The number of methoxy groups -OCH3 is 1. The van der Waals surface area contributed by atoms with Crippen LogP contribution in [-0.4, -0.2) is 34.6 Å². The lowest BCUT2D eigenvalue weighted by Gasteiger charge is -2.15. The van der Waals surface area contributed by atoms with E-state index in [4.69, 9.17) is 9.47 Å². The van der Waals surface area contributed by atoms with Crippen molar-refractivity contribution in [3.05, 3.63) is 68.9 Å². The van der Waals surface area contributed by atoms with E-state index in [0.29, 0.717) is 17.0 Å². The van der Waals surface area contributed by atoms with Crippen LogP contribution in [0.15, 0.2) is 52.1 Å². The summed E-state index contributed by atoms with van der Waals surface area (Å²) in [5.74, 6) is -0.373. The Bertz CT molecular complexity index is 1240. The summed E-state index contributed by atoms with van der Waals surface area (Å²) in [7, 11) is 1.46. The van der Waals surface area contributed by atoms with Gasteiger partial charge in [-0.05, 0) is 44.2 Å². The molecule has 1 heterocycles. The number of hydrogen-bond donors (Lipinski definition) is 3. The number of rotatable bonds is 6. The van der Waals surface area contributed by atoms with Crippen LogP contribution in [0.25, 0.3) is 10.9 Å². The van der Waals surface area contributed by atoms with E-state index in [1.165, 1.54) is 19.2 Å².